The number of aliphatic hydroxyl groups excluding tert-OH is 7. The van der Waals surface area contributed by atoms with Crippen LogP contribution in [0.5, 0.6) is 0 Å². The molecule has 17 nitrogen and oxygen atoms in total. The zero-order valence-electron chi connectivity index (χ0n) is 37.6. The van der Waals surface area contributed by atoms with Crippen molar-refractivity contribution in [1.29, 1.82) is 0 Å². The zero-order chi connectivity index (χ0) is 45.1. The number of rotatable bonds is 7. The van der Waals surface area contributed by atoms with Crippen LogP contribution in [0.15, 0.2) is 11.6 Å². The van der Waals surface area contributed by atoms with Crippen molar-refractivity contribution in [1.82, 2.24) is 0 Å². The molecule has 5 saturated heterocycles. The number of hydrogen-bond donors (Lipinski definition) is 7. The smallest absolute Gasteiger partial charge is 0.303 e. The first-order valence-corrected chi connectivity index (χ1v) is 23.6. The number of esters is 1. The Kier molecular flexibility index (Phi) is 12.8. The Labute approximate surface area is 369 Å². The summed E-state index contributed by atoms with van der Waals surface area (Å²) in [6.07, 6.45) is -12.3. The number of carbonyl (C=O) groups excluding carboxylic acids is 1. The van der Waals surface area contributed by atoms with E-state index in [0.29, 0.717) is 30.1 Å². The van der Waals surface area contributed by atoms with E-state index in [4.69, 9.17) is 42.6 Å². The van der Waals surface area contributed by atoms with E-state index < -0.39 is 115 Å². The quantitative estimate of drug-likeness (QED) is 0.141. The molecule has 5 heterocycles. The normalized spacial score (nSPS) is 56.8. The highest BCUT2D eigenvalue weighted by molar-refractivity contribution is 5.66. The fourth-order valence-corrected chi connectivity index (χ4v) is 14.1. The molecule has 4 aliphatic carbocycles. The summed E-state index contributed by atoms with van der Waals surface area (Å²) in [5, 5.41) is 77.3. The molecule has 0 amide bonds. The SMILES string of the molecule is CC(=O)O[C@@H]1[C@@H](O)[C@H](C)O[C@@H](O[C@H]2[C@H](O[C@@H]3C[C@H](O)CC4=CC[C@H]5[C@@H]6C[C@@H]7O[C@]8(CC[C@H](C)CO8)[C@@H](C)[C@@H]7[C@@]6(C)CC[C@@H]5[C@]43C)O[C@H](C)[C@H](O)[C@@H]2O[C@@H]2OC[C@@H](O)[C@H](O)[C@H]2O)[C@@H]1O. The summed E-state index contributed by atoms with van der Waals surface area (Å²) in [5.41, 5.74) is 0.630. The van der Waals surface area contributed by atoms with Gasteiger partial charge >= 0.3 is 5.97 Å². The minimum Gasteiger partial charge on any atom is -0.457 e. The number of hydrogen-bond acceptors (Lipinski definition) is 17. The van der Waals surface area contributed by atoms with E-state index in [9.17, 15) is 40.5 Å². The molecule has 0 aromatic carbocycles. The monoisotopic (exact) mass is 896 g/mol. The second-order valence-electron chi connectivity index (χ2n) is 21.3. The molecule has 8 fully saturated rings. The van der Waals surface area contributed by atoms with Gasteiger partial charge in [-0.25, -0.2) is 0 Å². The van der Waals surface area contributed by atoms with E-state index in [1.54, 1.807) is 6.92 Å². The van der Waals surface area contributed by atoms with Gasteiger partial charge in [-0.2, -0.15) is 0 Å². The van der Waals surface area contributed by atoms with E-state index in [1.165, 1.54) is 6.92 Å². The first kappa shape index (κ1) is 46.7. The van der Waals surface area contributed by atoms with Gasteiger partial charge in [0.1, 0.15) is 48.8 Å². The van der Waals surface area contributed by atoms with E-state index >= 15 is 0 Å². The molecule has 0 aromatic heterocycles. The number of allylic oxidation sites excluding steroid dienone is 1. The van der Waals surface area contributed by atoms with Gasteiger partial charge in [0, 0.05) is 31.1 Å². The first-order valence-electron chi connectivity index (χ1n) is 23.6. The van der Waals surface area contributed by atoms with Gasteiger partial charge in [0.25, 0.3) is 0 Å². The second-order valence-corrected chi connectivity index (χ2v) is 21.3. The van der Waals surface area contributed by atoms with Crippen molar-refractivity contribution in [2.24, 2.45) is 46.3 Å². The van der Waals surface area contributed by atoms with Crippen LogP contribution in [0.25, 0.3) is 0 Å². The van der Waals surface area contributed by atoms with Crippen LogP contribution in [0, 0.1) is 46.3 Å². The minimum atomic E-state index is -1.72. The highest BCUT2D eigenvalue weighted by Crippen LogP contribution is 2.71. The lowest BCUT2D eigenvalue weighted by Gasteiger charge is -2.60. The second kappa shape index (κ2) is 17.3. The fraction of sp³-hybridized carbons (Fsp3) is 0.935. The van der Waals surface area contributed by atoms with Gasteiger partial charge in [0.2, 0.25) is 0 Å². The summed E-state index contributed by atoms with van der Waals surface area (Å²) in [4.78, 5) is 12.1. The number of carbonyl (C=O) groups is 1. The number of ether oxygens (including phenoxy) is 9. The van der Waals surface area contributed by atoms with Crippen molar-refractivity contribution in [3.05, 3.63) is 11.6 Å². The molecule has 9 rings (SSSR count). The molecule has 3 saturated carbocycles. The molecule has 63 heavy (non-hydrogen) atoms. The summed E-state index contributed by atoms with van der Waals surface area (Å²) >= 11 is 0. The average Bonchev–Trinajstić information content (AvgIpc) is 3.68. The Hall–Kier alpha value is -1.39. The largest absolute Gasteiger partial charge is 0.457 e. The topological polar surface area (TPSA) is 242 Å². The van der Waals surface area contributed by atoms with Crippen molar-refractivity contribution >= 4 is 5.97 Å². The third kappa shape index (κ3) is 7.78. The van der Waals surface area contributed by atoms with Gasteiger partial charge in [0.15, 0.2) is 30.8 Å². The van der Waals surface area contributed by atoms with Crippen LogP contribution in [0.2, 0.25) is 0 Å². The zero-order valence-corrected chi connectivity index (χ0v) is 37.6. The third-order valence-corrected chi connectivity index (χ3v) is 17.6. The maximum absolute atomic E-state index is 12.1. The maximum atomic E-state index is 12.1. The average molecular weight is 897 g/mol. The predicted molar refractivity (Wildman–Crippen MR) is 218 cm³/mol. The Morgan fingerprint density at radius 3 is 2.14 bits per heavy atom. The van der Waals surface area contributed by atoms with Crippen LogP contribution in [0.1, 0.15) is 99.8 Å². The van der Waals surface area contributed by atoms with E-state index in [1.807, 2.05) is 0 Å². The summed E-state index contributed by atoms with van der Waals surface area (Å²) in [5.74, 6) is 0.833. The molecular weight excluding hydrogens is 824 g/mol. The van der Waals surface area contributed by atoms with Crippen molar-refractivity contribution in [2.75, 3.05) is 13.2 Å². The molecule has 17 heteroatoms. The van der Waals surface area contributed by atoms with E-state index in [0.717, 1.165) is 57.6 Å². The molecule has 0 bridgehead atoms. The Balaban J connectivity index is 1.01. The van der Waals surface area contributed by atoms with Crippen LogP contribution in [-0.4, -0.2) is 165 Å². The van der Waals surface area contributed by atoms with Gasteiger partial charge in [-0.1, -0.05) is 39.3 Å². The van der Waals surface area contributed by atoms with Gasteiger partial charge in [0.05, 0.1) is 43.7 Å². The molecule has 5 aliphatic heterocycles. The lowest BCUT2D eigenvalue weighted by atomic mass is 9.46. The minimum absolute atomic E-state index is 0.0554. The van der Waals surface area contributed by atoms with Gasteiger partial charge in [-0.15, -0.1) is 0 Å². The van der Waals surface area contributed by atoms with Crippen LogP contribution >= 0.6 is 0 Å². The van der Waals surface area contributed by atoms with Crippen molar-refractivity contribution in [2.45, 2.75) is 210 Å². The molecule has 1 spiro atoms. The lowest BCUT2D eigenvalue weighted by Crippen LogP contribution is -2.66. The van der Waals surface area contributed by atoms with E-state index in [-0.39, 0.29) is 36.4 Å². The highest BCUT2D eigenvalue weighted by Gasteiger charge is 2.70. The van der Waals surface area contributed by atoms with Crippen LogP contribution < -0.4 is 0 Å². The van der Waals surface area contributed by atoms with Crippen LogP contribution in [0.4, 0.5) is 0 Å². The molecule has 0 unspecified atom stereocenters. The standard InChI is InChI=1S/C46H72O17/c1-19-10-13-46(56-17-19)20(2)32-30(63-46)16-28-26-9-8-24-14-25(48)15-31(45(24,7)27(26)11-12-44(28,32)6)60-43-40(62-42-37(54)38(59-23(5)47)33(50)21(3)57-42)39(34(51)22(4)58-43)61-41-36(53)35(52)29(49)18-55-41/h8,19-22,25-43,48-54H,9-18H2,1-7H3/t19-,20-,21-,22+,25+,26+,27-,28-,29+,30-,31+,32-,33-,34-,35-,36+,37+,38+,39-,40+,41-,42-,43-,44-,45-,46+/m0/s1. The Bertz CT molecular complexity index is 1690. The summed E-state index contributed by atoms with van der Waals surface area (Å²) in [6, 6.07) is 0. The third-order valence-electron chi connectivity index (χ3n) is 17.6. The molecule has 7 N–H and O–H groups in total. The van der Waals surface area contributed by atoms with Gasteiger partial charge < -0.3 is 78.4 Å². The maximum Gasteiger partial charge on any atom is 0.303 e. The Morgan fingerprint density at radius 1 is 0.746 bits per heavy atom. The summed E-state index contributed by atoms with van der Waals surface area (Å²) in [6.45, 7) is 13.9. The molecule has 0 aromatic rings. The molecule has 0 radical (unpaired) electrons. The Morgan fingerprint density at radius 2 is 1.44 bits per heavy atom. The van der Waals surface area contributed by atoms with Crippen molar-refractivity contribution in [3.63, 3.8) is 0 Å². The first-order chi connectivity index (χ1) is 29.8. The van der Waals surface area contributed by atoms with Gasteiger partial charge in [-0.05, 0) is 87.4 Å². The molecule has 358 valence electrons. The predicted octanol–water partition coefficient (Wildman–Crippen LogP) is 1.42. The summed E-state index contributed by atoms with van der Waals surface area (Å²) < 4.78 is 56.8. The van der Waals surface area contributed by atoms with Crippen molar-refractivity contribution in [3.8, 4) is 0 Å². The van der Waals surface area contributed by atoms with Crippen molar-refractivity contribution < 1.29 is 83.2 Å². The van der Waals surface area contributed by atoms with Gasteiger partial charge in [-0.3, -0.25) is 4.79 Å². The summed E-state index contributed by atoms with van der Waals surface area (Å²) in [7, 11) is 0. The van der Waals surface area contributed by atoms with Crippen LogP contribution in [-0.2, 0) is 47.4 Å². The fourth-order valence-electron chi connectivity index (χ4n) is 14.1. The number of aliphatic hydroxyl groups is 7. The van der Waals surface area contributed by atoms with E-state index in [2.05, 4.69) is 33.8 Å². The van der Waals surface area contributed by atoms with Crippen LogP contribution in [0.3, 0.4) is 0 Å². The number of fused-ring (bicyclic) bond motifs is 7. The highest BCUT2D eigenvalue weighted by atomic mass is 16.8. The molecule has 9 aliphatic rings. The lowest BCUT2D eigenvalue weighted by molar-refractivity contribution is -0.391. The molecular formula is C46H72O17. The molecule has 26 atom stereocenters.